The molecule has 0 bridgehead atoms. The monoisotopic (exact) mass is 396 g/mol. The van der Waals surface area contributed by atoms with Crippen LogP contribution < -0.4 is 20.1 Å². The van der Waals surface area contributed by atoms with E-state index in [0.717, 1.165) is 4.88 Å². The van der Waals surface area contributed by atoms with Gasteiger partial charge in [-0.15, -0.1) is 11.3 Å². The average Bonchev–Trinajstić information content (AvgIpc) is 3.14. The van der Waals surface area contributed by atoms with Crippen LogP contribution in [0.4, 0.5) is 5.69 Å². The van der Waals surface area contributed by atoms with E-state index in [0.29, 0.717) is 27.8 Å². The van der Waals surface area contributed by atoms with Crippen molar-refractivity contribution in [1.29, 1.82) is 0 Å². The maximum absolute atomic E-state index is 12.0. The van der Waals surface area contributed by atoms with Gasteiger partial charge >= 0.3 is 0 Å². The van der Waals surface area contributed by atoms with Crippen molar-refractivity contribution in [3.63, 3.8) is 0 Å². The third-order valence-corrected chi connectivity index (χ3v) is 4.81. The Bertz CT molecular complexity index is 967. The van der Waals surface area contributed by atoms with Crippen molar-refractivity contribution >= 4 is 28.8 Å². The fraction of sp³-hybridized carbons (Fsp3) is 0.143. The van der Waals surface area contributed by atoms with Crippen molar-refractivity contribution in [2.75, 3.05) is 19.0 Å². The van der Waals surface area contributed by atoms with Gasteiger partial charge in [0.25, 0.3) is 5.91 Å². The van der Waals surface area contributed by atoms with Gasteiger partial charge < -0.3 is 20.1 Å². The molecule has 1 aromatic heterocycles. The summed E-state index contributed by atoms with van der Waals surface area (Å²) in [4.78, 5) is 25.7. The lowest BCUT2D eigenvalue weighted by molar-refractivity contribution is -0.115. The van der Waals surface area contributed by atoms with Crippen LogP contribution >= 0.6 is 11.3 Å². The van der Waals surface area contributed by atoms with E-state index in [-0.39, 0.29) is 18.4 Å². The first kappa shape index (κ1) is 19.4. The Labute approximate surface area is 167 Å². The molecule has 0 unspecified atom stereocenters. The highest BCUT2D eigenvalue weighted by molar-refractivity contribution is 7.13. The van der Waals surface area contributed by atoms with Crippen LogP contribution in [-0.2, 0) is 4.79 Å². The zero-order valence-corrected chi connectivity index (χ0v) is 16.3. The molecular formula is C21H20N2O4S. The van der Waals surface area contributed by atoms with Crippen molar-refractivity contribution in [3.05, 3.63) is 70.4 Å². The third kappa shape index (κ3) is 5.11. The van der Waals surface area contributed by atoms with Gasteiger partial charge in [0.2, 0.25) is 5.91 Å². The van der Waals surface area contributed by atoms with Crippen LogP contribution in [0.5, 0.6) is 17.2 Å². The van der Waals surface area contributed by atoms with Crippen molar-refractivity contribution in [2.24, 2.45) is 0 Å². The van der Waals surface area contributed by atoms with Gasteiger partial charge in [0, 0.05) is 10.6 Å². The summed E-state index contributed by atoms with van der Waals surface area (Å²) in [5, 5.41) is 5.35. The van der Waals surface area contributed by atoms with Crippen molar-refractivity contribution in [3.8, 4) is 17.2 Å². The highest BCUT2D eigenvalue weighted by atomic mass is 32.1. The molecule has 0 aliphatic carbocycles. The summed E-state index contributed by atoms with van der Waals surface area (Å²) >= 11 is 1.39. The van der Waals surface area contributed by atoms with E-state index in [2.05, 4.69) is 10.6 Å². The van der Waals surface area contributed by atoms with Crippen LogP contribution in [0.25, 0.3) is 0 Å². The van der Waals surface area contributed by atoms with Crippen molar-refractivity contribution in [2.45, 2.75) is 6.92 Å². The lowest BCUT2D eigenvalue weighted by Gasteiger charge is -2.11. The standard InChI is InChI=1S/C21H20N2O4S/c1-14-7-12-19(28-14)21(25)22-13-20(24)23-15-8-10-16(11-9-15)27-18-6-4-3-5-17(18)26-2/h3-12H,13H2,1-2H3,(H,22,25)(H,23,24). The molecule has 7 heteroatoms. The molecule has 3 rings (SSSR count). The van der Waals surface area contributed by atoms with Crippen LogP contribution in [0.1, 0.15) is 14.5 Å². The highest BCUT2D eigenvalue weighted by Crippen LogP contribution is 2.31. The zero-order valence-electron chi connectivity index (χ0n) is 15.5. The predicted octanol–water partition coefficient (Wildman–Crippen LogP) is 4.23. The van der Waals surface area contributed by atoms with Gasteiger partial charge in [-0.25, -0.2) is 0 Å². The van der Waals surface area contributed by atoms with Crippen molar-refractivity contribution < 1.29 is 19.1 Å². The normalized spacial score (nSPS) is 10.2. The quantitative estimate of drug-likeness (QED) is 0.627. The Kier molecular flexibility index (Phi) is 6.29. The molecular weight excluding hydrogens is 376 g/mol. The fourth-order valence-electron chi connectivity index (χ4n) is 2.45. The topological polar surface area (TPSA) is 76.7 Å². The van der Waals surface area contributed by atoms with Crippen LogP contribution in [-0.4, -0.2) is 25.5 Å². The number of carbonyl (C=O) groups is 2. The number of hydrogen-bond donors (Lipinski definition) is 2. The molecule has 28 heavy (non-hydrogen) atoms. The second kappa shape index (κ2) is 9.05. The second-order valence-corrected chi connectivity index (χ2v) is 7.21. The van der Waals surface area contributed by atoms with Crippen molar-refractivity contribution in [1.82, 2.24) is 5.32 Å². The van der Waals surface area contributed by atoms with Gasteiger partial charge in [-0.05, 0) is 55.5 Å². The first-order valence-corrected chi connectivity index (χ1v) is 9.42. The van der Waals surface area contributed by atoms with Gasteiger partial charge in [-0.1, -0.05) is 12.1 Å². The molecule has 0 aliphatic heterocycles. The molecule has 0 radical (unpaired) electrons. The molecule has 0 aliphatic rings. The minimum absolute atomic E-state index is 0.102. The Hall–Kier alpha value is -3.32. The van der Waals surface area contributed by atoms with Crippen LogP contribution in [0.15, 0.2) is 60.7 Å². The summed E-state index contributed by atoms with van der Waals surface area (Å²) in [6.07, 6.45) is 0. The molecule has 144 valence electrons. The lowest BCUT2D eigenvalue weighted by atomic mass is 10.3. The van der Waals surface area contributed by atoms with E-state index < -0.39 is 0 Å². The number of ether oxygens (including phenoxy) is 2. The Morgan fingerprint density at radius 2 is 1.68 bits per heavy atom. The van der Waals surface area contributed by atoms with Crippen LogP contribution in [0.3, 0.4) is 0 Å². The molecule has 2 amide bonds. The van der Waals surface area contributed by atoms with E-state index in [1.165, 1.54) is 11.3 Å². The molecule has 6 nitrogen and oxygen atoms in total. The number of methoxy groups -OCH3 is 1. The molecule has 3 aromatic rings. The Balaban J connectivity index is 1.52. The molecule has 0 spiro atoms. The fourth-order valence-corrected chi connectivity index (χ4v) is 3.23. The first-order valence-electron chi connectivity index (χ1n) is 8.60. The maximum Gasteiger partial charge on any atom is 0.261 e. The summed E-state index contributed by atoms with van der Waals surface area (Å²) in [5.41, 5.74) is 0.610. The number of amides is 2. The average molecular weight is 396 g/mol. The van der Waals surface area contributed by atoms with Crippen LogP contribution in [0.2, 0.25) is 0 Å². The molecule has 2 aromatic carbocycles. The predicted molar refractivity (Wildman–Crippen MR) is 110 cm³/mol. The summed E-state index contributed by atoms with van der Waals surface area (Å²) < 4.78 is 11.1. The molecule has 1 heterocycles. The number of thiophene rings is 1. The number of benzene rings is 2. The summed E-state index contributed by atoms with van der Waals surface area (Å²) in [7, 11) is 1.58. The summed E-state index contributed by atoms with van der Waals surface area (Å²) in [6.45, 7) is 1.82. The van der Waals surface area contributed by atoms with Gasteiger partial charge in [0.1, 0.15) is 5.75 Å². The van der Waals surface area contributed by atoms with Gasteiger partial charge in [0.05, 0.1) is 18.5 Å². The highest BCUT2D eigenvalue weighted by Gasteiger charge is 2.10. The lowest BCUT2D eigenvalue weighted by Crippen LogP contribution is -2.32. The number of rotatable bonds is 7. The van der Waals surface area contributed by atoms with Crippen LogP contribution in [0, 0.1) is 6.92 Å². The van der Waals surface area contributed by atoms with E-state index in [1.807, 2.05) is 37.3 Å². The van der Waals surface area contributed by atoms with E-state index in [9.17, 15) is 9.59 Å². The number of anilines is 1. The minimum atomic E-state index is -0.306. The zero-order chi connectivity index (χ0) is 19.9. The first-order chi connectivity index (χ1) is 13.5. The number of nitrogens with one attached hydrogen (secondary N) is 2. The second-order valence-electron chi connectivity index (χ2n) is 5.92. The van der Waals surface area contributed by atoms with E-state index in [4.69, 9.17) is 9.47 Å². The molecule has 0 saturated heterocycles. The minimum Gasteiger partial charge on any atom is -0.493 e. The van der Waals surface area contributed by atoms with E-state index >= 15 is 0 Å². The molecule has 0 atom stereocenters. The molecule has 2 N–H and O–H groups in total. The number of para-hydroxylation sites is 2. The van der Waals surface area contributed by atoms with E-state index in [1.54, 1.807) is 37.4 Å². The third-order valence-electron chi connectivity index (χ3n) is 3.81. The van der Waals surface area contributed by atoms with Gasteiger partial charge in [0.15, 0.2) is 11.5 Å². The maximum atomic E-state index is 12.0. The Morgan fingerprint density at radius 1 is 0.964 bits per heavy atom. The molecule has 0 saturated carbocycles. The SMILES string of the molecule is COc1ccccc1Oc1ccc(NC(=O)CNC(=O)c2ccc(C)s2)cc1. The van der Waals surface area contributed by atoms with Gasteiger partial charge in [-0.3, -0.25) is 9.59 Å². The van der Waals surface area contributed by atoms with Gasteiger partial charge in [-0.2, -0.15) is 0 Å². The summed E-state index contributed by atoms with van der Waals surface area (Å²) in [5.74, 6) is 1.29. The number of carbonyl (C=O) groups excluding carboxylic acids is 2. The summed E-state index contributed by atoms with van der Waals surface area (Å²) in [6, 6.07) is 17.9. The number of aryl methyl sites for hydroxylation is 1. The smallest absolute Gasteiger partial charge is 0.261 e. The number of hydrogen-bond acceptors (Lipinski definition) is 5. The molecule has 0 fully saturated rings. The largest absolute Gasteiger partial charge is 0.493 e. The Morgan fingerprint density at radius 3 is 2.32 bits per heavy atom.